The molecule has 0 aliphatic heterocycles. The van der Waals surface area contributed by atoms with Crippen molar-refractivity contribution in [3.05, 3.63) is 0 Å². The van der Waals surface area contributed by atoms with Gasteiger partial charge in [-0.05, 0) is 6.92 Å². The maximum absolute atomic E-state index is 8.26. The van der Waals surface area contributed by atoms with Crippen LogP contribution < -0.4 is 6.15 Å². The Bertz CT molecular complexity index is 46.3. The molecule has 0 aliphatic carbocycles. The summed E-state index contributed by atoms with van der Waals surface area (Å²) in [5.41, 5.74) is 0. The molecule has 0 aromatic carbocycles. The number of hydrogen-bond acceptors (Lipinski definition) is 4. The summed E-state index contributed by atoms with van der Waals surface area (Å²) in [4.78, 5) is 0. The third-order valence-corrected chi connectivity index (χ3v) is 0.812. The summed E-state index contributed by atoms with van der Waals surface area (Å²) in [7, 11) is 0. The van der Waals surface area contributed by atoms with Crippen molar-refractivity contribution < 1.29 is 14.6 Å². The predicted octanol–water partition coefficient (Wildman–Crippen LogP) is 0.194. The van der Waals surface area contributed by atoms with Gasteiger partial charge in [0.15, 0.2) is 0 Å². The minimum absolute atomic E-state index is 0. The van der Waals surface area contributed by atoms with Crippen LogP contribution in [0.1, 0.15) is 6.92 Å². The van der Waals surface area contributed by atoms with Gasteiger partial charge in [0.05, 0.1) is 26.4 Å². The average Bonchev–Trinajstić information content (AvgIpc) is 1.89. The Morgan fingerprint density at radius 2 is 1.70 bits per heavy atom. The van der Waals surface area contributed by atoms with Crippen LogP contribution in [0.25, 0.3) is 0 Å². The maximum atomic E-state index is 8.26. The molecular formula is C6H17NO3. The summed E-state index contributed by atoms with van der Waals surface area (Å²) in [6.07, 6.45) is 0. The lowest BCUT2D eigenvalue weighted by Crippen LogP contribution is -2.06. The van der Waals surface area contributed by atoms with Gasteiger partial charge in [0, 0.05) is 6.61 Å². The van der Waals surface area contributed by atoms with Crippen LogP contribution in [0, 0.1) is 0 Å². The molecule has 0 saturated heterocycles. The Kier molecular flexibility index (Phi) is 14.5. The van der Waals surface area contributed by atoms with E-state index in [1.807, 2.05) is 6.92 Å². The highest BCUT2D eigenvalue weighted by Crippen LogP contribution is 1.76. The second-order valence-electron chi connectivity index (χ2n) is 1.53. The summed E-state index contributed by atoms with van der Waals surface area (Å²) >= 11 is 0. The first kappa shape index (κ1) is 12.5. The van der Waals surface area contributed by atoms with Crippen LogP contribution in [-0.2, 0) is 9.47 Å². The van der Waals surface area contributed by atoms with Gasteiger partial charge in [-0.15, -0.1) is 0 Å². The third kappa shape index (κ3) is 10.8. The van der Waals surface area contributed by atoms with Crippen molar-refractivity contribution in [2.75, 3.05) is 33.0 Å². The molecule has 64 valence electrons. The van der Waals surface area contributed by atoms with Crippen molar-refractivity contribution in [1.29, 1.82) is 0 Å². The zero-order chi connectivity index (χ0) is 6.95. The van der Waals surface area contributed by atoms with Gasteiger partial charge in [0.25, 0.3) is 0 Å². The van der Waals surface area contributed by atoms with E-state index >= 15 is 0 Å². The molecule has 10 heavy (non-hydrogen) atoms. The molecule has 0 fully saturated rings. The first-order chi connectivity index (χ1) is 4.41. The van der Waals surface area contributed by atoms with Gasteiger partial charge in [0.2, 0.25) is 0 Å². The van der Waals surface area contributed by atoms with E-state index in [2.05, 4.69) is 0 Å². The van der Waals surface area contributed by atoms with E-state index < -0.39 is 0 Å². The fourth-order valence-electron chi connectivity index (χ4n) is 0.429. The summed E-state index contributed by atoms with van der Waals surface area (Å²) in [5.74, 6) is 0. The molecule has 0 heterocycles. The minimum atomic E-state index is 0. The standard InChI is InChI=1S/C6H14O3.H3N/c1-2-8-5-6-9-4-3-7;/h7H,2-6H2,1H3;1H3. The van der Waals surface area contributed by atoms with Crippen LogP contribution in [-0.4, -0.2) is 38.1 Å². The van der Waals surface area contributed by atoms with E-state index in [0.29, 0.717) is 19.8 Å². The van der Waals surface area contributed by atoms with Crippen LogP contribution in [0.5, 0.6) is 0 Å². The average molecular weight is 151 g/mol. The lowest BCUT2D eigenvalue weighted by atomic mass is 10.7. The normalized spacial score (nSPS) is 9.00. The Morgan fingerprint density at radius 1 is 1.10 bits per heavy atom. The molecule has 4 nitrogen and oxygen atoms in total. The lowest BCUT2D eigenvalue weighted by molar-refractivity contribution is 0.0370. The number of aliphatic hydroxyl groups is 1. The predicted molar refractivity (Wildman–Crippen MR) is 39.4 cm³/mol. The highest BCUT2D eigenvalue weighted by molar-refractivity contribution is 4.28. The largest absolute Gasteiger partial charge is 0.394 e. The molecule has 0 unspecified atom stereocenters. The molecule has 0 aliphatic rings. The number of aliphatic hydroxyl groups excluding tert-OH is 1. The Hall–Kier alpha value is -0.160. The van der Waals surface area contributed by atoms with Crippen LogP contribution >= 0.6 is 0 Å². The molecule has 0 spiro atoms. The van der Waals surface area contributed by atoms with Crippen molar-refractivity contribution in [2.45, 2.75) is 6.92 Å². The van der Waals surface area contributed by atoms with Crippen molar-refractivity contribution >= 4 is 0 Å². The molecular weight excluding hydrogens is 134 g/mol. The topological polar surface area (TPSA) is 73.7 Å². The highest BCUT2D eigenvalue weighted by Gasteiger charge is 1.84. The molecule has 0 aromatic rings. The van der Waals surface area contributed by atoms with Crippen molar-refractivity contribution in [1.82, 2.24) is 6.15 Å². The van der Waals surface area contributed by atoms with Gasteiger partial charge < -0.3 is 20.7 Å². The fraction of sp³-hybridized carbons (Fsp3) is 1.00. The second kappa shape index (κ2) is 11.6. The van der Waals surface area contributed by atoms with E-state index in [1.165, 1.54) is 0 Å². The second-order valence-corrected chi connectivity index (χ2v) is 1.53. The van der Waals surface area contributed by atoms with Crippen LogP contribution in [0.2, 0.25) is 0 Å². The SMILES string of the molecule is CCOCCOCCO.N. The molecule has 4 N–H and O–H groups in total. The summed E-state index contributed by atoms with van der Waals surface area (Å²) in [6.45, 7) is 4.36. The van der Waals surface area contributed by atoms with E-state index in [1.54, 1.807) is 0 Å². The van der Waals surface area contributed by atoms with E-state index in [0.717, 1.165) is 6.61 Å². The molecule has 0 atom stereocenters. The Balaban J connectivity index is 0. The summed E-state index contributed by atoms with van der Waals surface area (Å²) in [5, 5.41) is 8.26. The zero-order valence-electron chi connectivity index (χ0n) is 6.51. The Labute approximate surface area is 61.7 Å². The van der Waals surface area contributed by atoms with Crippen molar-refractivity contribution in [3.63, 3.8) is 0 Å². The van der Waals surface area contributed by atoms with E-state index in [9.17, 15) is 0 Å². The molecule has 4 heteroatoms. The monoisotopic (exact) mass is 151 g/mol. The van der Waals surface area contributed by atoms with Gasteiger partial charge >= 0.3 is 0 Å². The maximum Gasteiger partial charge on any atom is 0.0701 e. The molecule has 0 rings (SSSR count). The van der Waals surface area contributed by atoms with Gasteiger partial charge in [-0.3, -0.25) is 0 Å². The minimum Gasteiger partial charge on any atom is -0.394 e. The van der Waals surface area contributed by atoms with Crippen LogP contribution in [0.3, 0.4) is 0 Å². The van der Waals surface area contributed by atoms with E-state index in [-0.39, 0.29) is 12.8 Å². The van der Waals surface area contributed by atoms with Crippen LogP contribution in [0.15, 0.2) is 0 Å². The van der Waals surface area contributed by atoms with Gasteiger partial charge in [-0.25, -0.2) is 0 Å². The fourth-order valence-corrected chi connectivity index (χ4v) is 0.429. The zero-order valence-corrected chi connectivity index (χ0v) is 6.51. The molecule has 0 amide bonds. The third-order valence-electron chi connectivity index (χ3n) is 0.812. The first-order valence-corrected chi connectivity index (χ1v) is 3.18. The van der Waals surface area contributed by atoms with Gasteiger partial charge in [0.1, 0.15) is 0 Å². The number of ether oxygens (including phenoxy) is 2. The molecule has 0 saturated carbocycles. The van der Waals surface area contributed by atoms with Crippen LogP contribution in [0.4, 0.5) is 0 Å². The van der Waals surface area contributed by atoms with Gasteiger partial charge in [-0.1, -0.05) is 0 Å². The quantitative estimate of drug-likeness (QED) is 0.531. The first-order valence-electron chi connectivity index (χ1n) is 3.18. The molecule has 0 aromatic heterocycles. The van der Waals surface area contributed by atoms with Crippen molar-refractivity contribution in [2.24, 2.45) is 0 Å². The summed E-state index contributed by atoms with van der Waals surface area (Å²) in [6, 6.07) is 0. The molecule has 0 bridgehead atoms. The van der Waals surface area contributed by atoms with Gasteiger partial charge in [-0.2, -0.15) is 0 Å². The highest BCUT2D eigenvalue weighted by atomic mass is 16.5. The van der Waals surface area contributed by atoms with Crippen molar-refractivity contribution in [3.8, 4) is 0 Å². The van der Waals surface area contributed by atoms with E-state index in [4.69, 9.17) is 14.6 Å². The number of rotatable bonds is 6. The lowest BCUT2D eigenvalue weighted by Gasteiger charge is -2.00. The smallest absolute Gasteiger partial charge is 0.0701 e. The number of hydrogen-bond donors (Lipinski definition) is 2. The summed E-state index contributed by atoms with van der Waals surface area (Å²) < 4.78 is 9.88. The Morgan fingerprint density at radius 3 is 2.20 bits per heavy atom. The molecule has 0 radical (unpaired) electrons.